The third kappa shape index (κ3) is 43.7. The third-order valence-corrected chi connectivity index (χ3v) is 11.3. The van der Waals surface area contributed by atoms with Crippen molar-refractivity contribution in [3.63, 3.8) is 0 Å². The molecular formula is C48H88NO10P. The van der Waals surface area contributed by atoms with Crippen molar-refractivity contribution in [1.29, 1.82) is 0 Å². The molecule has 2 unspecified atom stereocenters. The molecule has 12 heteroatoms. The van der Waals surface area contributed by atoms with Gasteiger partial charge in [-0.1, -0.05) is 141 Å². The number of ether oxygens (including phenoxy) is 2. The van der Waals surface area contributed by atoms with Gasteiger partial charge in [0.2, 0.25) is 5.91 Å². The van der Waals surface area contributed by atoms with E-state index in [0.717, 1.165) is 77.0 Å². The minimum atomic E-state index is -4.56. The predicted octanol–water partition coefficient (Wildman–Crippen LogP) is 12.9. The first-order chi connectivity index (χ1) is 29.1. The summed E-state index contributed by atoms with van der Waals surface area (Å²) in [4.78, 5) is 58.5. The van der Waals surface area contributed by atoms with E-state index in [0.29, 0.717) is 32.1 Å². The maximum absolute atomic E-state index is 12.7. The topological polar surface area (TPSA) is 155 Å². The minimum Gasteiger partial charge on any atom is -0.462 e. The molecular weight excluding hydrogens is 781 g/mol. The summed E-state index contributed by atoms with van der Waals surface area (Å²) < 4.78 is 33.6. The van der Waals surface area contributed by atoms with Crippen LogP contribution in [0, 0.1) is 0 Å². The van der Waals surface area contributed by atoms with E-state index in [-0.39, 0.29) is 50.7 Å². The van der Waals surface area contributed by atoms with Crippen LogP contribution in [-0.2, 0) is 42.3 Å². The van der Waals surface area contributed by atoms with Crippen LogP contribution in [0.1, 0.15) is 226 Å². The first-order valence-electron chi connectivity index (χ1n) is 24.1. The highest BCUT2D eigenvalue weighted by molar-refractivity contribution is 7.47. The van der Waals surface area contributed by atoms with Crippen LogP contribution in [0.15, 0.2) is 24.3 Å². The molecule has 0 radical (unpaired) electrons. The second kappa shape index (κ2) is 43.3. The molecule has 0 aliphatic carbocycles. The van der Waals surface area contributed by atoms with Gasteiger partial charge in [-0.25, -0.2) is 4.57 Å². The quantitative estimate of drug-likeness (QED) is 0.0261. The zero-order valence-corrected chi connectivity index (χ0v) is 39.3. The van der Waals surface area contributed by atoms with Crippen molar-refractivity contribution in [2.45, 2.75) is 232 Å². The van der Waals surface area contributed by atoms with Gasteiger partial charge in [0, 0.05) is 32.2 Å². The minimum absolute atomic E-state index is 0.0121. The number of ketones is 1. The van der Waals surface area contributed by atoms with Gasteiger partial charge in [0.15, 0.2) is 6.10 Å². The van der Waals surface area contributed by atoms with Crippen molar-refractivity contribution >= 4 is 31.5 Å². The Kier molecular flexibility index (Phi) is 41.6. The highest BCUT2D eigenvalue weighted by Gasteiger charge is 2.26. The lowest BCUT2D eigenvalue weighted by atomic mass is 10.1. The van der Waals surface area contributed by atoms with Gasteiger partial charge in [-0.2, -0.15) is 0 Å². The lowest BCUT2D eigenvalue weighted by Crippen LogP contribution is -2.30. The summed E-state index contributed by atoms with van der Waals surface area (Å²) in [6, 6.07) is 0. The van der Waals surface area contributed by atoms with Crippen LogP contribution in [-0.4, -0.2) is 61.0 Å². The van der Waals surface area contributed by atoms with E-state index < -0.39 is 32.5 Å². The van der Waals surface area contributed by atoms with Crippen molar-refractivity contribution in [2.75, 3.05) is 26.4 Å². The largest absolute Gasteiger partial charge is 0.472 e. The number of hydrogen-bond donors (Lipinski definition) is 2. The van der Waals surface area contributed by atoms with Gasteiger partial charge in [0.25, 0.3) is 0 Å². The van der Waals surface area contributed by atoms with Gasteiger partial charge < -0.3 is 24.5 Å². The van der Waals surface area contributed by atoms with E-state index in [1.54, 1.807) is 0 Å². The number of phosphoric ester groups is 1. The average Bonchev–Trinajstić information content (AvgIpc) is 3.22. The fraction of sp³-hybridized carbons (Fsp3) is 0.833. The fourth-order valence-corrected chi connectivity index (χ4v) is 7.36. The molecule has 0 rings (SSSR count). The van der Waals surface area contributed by atoms with E-state index in [9.17, 15) is 28.6 Å². The Bertz CT molecular complexity index is 1160. The van der Waals surface area contributed by atoms with Gasteiger partial charge in [-0.05, 0) is 84.0 Å². The Morgan fingerprint density at radius 1 is 0.533 bits per heavy atom. The number of allylic oxidation sites excluding steroid dienone is 4. The maximum Gasteiger partial charge on any atom is 0.472 e. The maximum atomic E-state index is 12.7. The Labute approximate surface area is 366 Å². The van der Waals surface area contributed by atoms with E-state index in [2.05, 4.69) is 43.5 Å². The number of Topliss-reactive ketones (excluding diaryl/α,β-unsaturated/α-hetero) is 1. The zero-order valence-electron chi connectivity index (χ0n) is 38.4. The smallest absolute Gasteiger partial charge is 0.462 e. The summed E-state index contributed by atoms with van der Waals surface area (Å²) in [5, 5.41) is 2.60. The summed E-state index contributed by atoms with van der Waals surface area (Å²) in [6.45, 7) is 4.89. The van der Waals surface area contributed by atoms with E-state index in [1.807, 2.05) is 0 Å². The molecule has 0 spiro atoms. The lowest BCUT2D eigenvalue weighted by molar-refractivity contribution is -0.161. The number of hydrogen-bond acceptors (Lipinski definition) is 9. The summed E-state index contributed by atoms with van der Waals surface area (Å²) >= 11 is 0. The number of phosphoric acid groups is 1. The number of carbonyl (C=O) groups is 4. The molecule has 0 bridgehead atoms. The van der Waals surface area contributed by atoms with Crippen LogP contribution in [0.5, 0.6) is 0 Å². The second-order valence-corrected chi connectivity index (χ2v) is 17.8. The monoisotopic (exact) mass is 870 g/mol. The van der Waals surface area contributed by atoms with Crippen molar-refractivity contribution in [3.05, 3.63) is 24.3 Å². The first kappa shape index (κ1) is 57.7. The van der Waals surface area contributed by atoms with E-state index in [4.69, 9.17) is 18.5 Å². The second-order valence-electron chi connectivity index (χ2n) is 16.3. The normalized spacial score (nSPS) is 13.1. The van der Waals surface area contributed by atoms with Crippen LogP contribution >= 0.6 is 7.82 Å². The molecule has 0 aromatic heterocycles. The molecule has 2 atom stereocenters. The molecule has 60 heavy (non-hydrogen) atoms. The van der Waals surface area contributed by atoms with Crippen LogP contribution in [0.2, 0.25) is 0 Å². The first-order valence-corrected chi connectivity index (χ1v) is 25.6. The summed E-state index contributed by atoms with van der Waals surface area (Å²) in [6.07, 6.45) is 40.3. The van der Waals surface area contributed by atoms with Crippen molar-refractivity contribution < 1.29 is 47.2 Å². The van der Waals surface area contributed by atoms with Gasteiger partial charge in [-0.15, -0.1) is 0 Å². The Balaban J connectivity index is 4.55. The molecule has 0 saturated heterocycles. The number of unbranched alkanes of at least 4 members (excludes halogenated alkanes) is 23. The molecule has 0 aliphatic rings. The molecule has 0 aromatic carbocycles. The van der Waals surface area contributed by atoms with Crippen LogP contribution < -0.4 is 5.32 Å². The Morgan fingerprint density at radius 2 is 0.950 bits per heavy atom. The van der Waals surface area contributed by atoms with Gasteiger partial charge >= 0.3 is 19.8 Å². The highest BCUT2D eigenvalue weighted by Crippen LogP contribution is 2.43. The van der Waals surface area contributed by atoms with E-state index >= 15 is 0 Å². The fourth-order valence-electron chi connectivity index (χ4n) is 6.61. The van der Waals surface area contributed by atoms with Gasteiger partial charge in [0.05, 0.1) is 13.2 Å². The molecule has 1 amide bonds. The van der Waals surface area contributed by atoms with Crippen LogP contribution in [0.4, 0.5) is 0 Å². The zero-order chi connectivity index (χ0) is 44.2. The molecule has 350 valence electrons. The number of nitrogens with one attached hydrogen (secondary N) is 1. The summed E-state index contributed by atoms with van der Waals surface area (Å²) in [5.74, 6) is -1.09. The molecule has 11 nitrogen and oxygen atoms in total. The van der Waals surface area contributed by atoms with E-state index in [1.165, 1.54) is 84.0 Å². The lowest BCUT2D eigenvalue weighted by Gasteiger charge is -2.20. The Hall–Kier alpha value is -2.33. The standard InChI is InChI=1S/C48H88NO10P/c1-4-6-8-10-12-14-16-18-20-22-24-26-28-30-32-38-47(52)56-42-45(43-58-60(54,55)57-41-40-49-46(51)37-35-34-36-44(3)50)59-48(53)39-33-31-29-27-25-23-21-19-17-15-13-11-9-7-5-2/h18-21,45H,4-17,22-43H2,1-3H3,(H,49,51)(H,54,55)/b20-18-,21-19-. The molecule has 2 N–H and O–H groups in total. The molecule has 0 heterocycles. The SMILES string of the molecule is CCCCCCCC/C=C\CCCCCCCC(=O)OCC(COP(=O)(O)OCCNC(=O)CCCCC(C)=O)OC(=O)CCCCCCC/C=C\CCCCCCCC. The predicted molar refractivity (Wildman–Crippen MR) is 244 cm³/mol. The van der Waals surface area contributed by atoms with Crippen molar-refractivity contribution in [2.24, 2.45) is 0 Å². The van der Waals surface area contributed by atoms with Crippen molar-refractivity contribution in [1.82, 2.24) is 5.32 Å². The highest BCUT2D eigenvalue weighted by atomic mass is 31.2. The molecule has 0 aliphatic heterocycles. The average molecular weight is 870 g/mol. The van der Waals surface area contributed by atoms with Crippen molar-refractivity contribution in [3.8, 4) is 0 Å². The van der Waals surface area contributed by atoms with Crippen LogP contribution in [0.25, 0.3) is 0 Å². The molecule has 0 aromatic rings. The number of rotatable bonds is 45. The number of esters is 2. The third-order valence-electron chi connectivity index (χ3n) is 10.3. The molecule has 0 saturated carbocycles. The van der Waals surface area contributed by atoms with Crippen LogP contribution in [0.3, 0.4) is 0 Å². The van der Waals surface area contributed by atoms with Gasteiger partial charge in [0.1, 0.15) is 12.4 Å². The number of amides is 1. The summed E-state index contributed by atoms with van der Waals surface area (Å²) in [5.41, 5.74) is 0. The number of carbonyl (C=O) groups excluding carboxylic acids is 4. The molecule has 0 fully saturated rings. The van der Waals surface area contributed by atoms with Gasteiger partial charge in [-0.3, -0.25) is 23.4 Å². The summed E-state index contributed by atoms with van der Waals surface area (Å²) in [7, 11) is -4.56. The Morgan fingerprint density at radius 3 is 1.43 bits per heavy atom.